The second-order valence-corrected chi connectivity index (χ2v) is 7.07. The van der Waals surface area contributed by atoms with E-state index in [2.05, 4.69) is 0 Å². The molecule has 26 heavy (non-hydrogen) atoms. The van der Waals surface area contributed by atoms with Crippen molar-refractivity contribution in [2.24, 2.45) is 0 Å². The number of Topliss-reactive ketones (excluding diaryl/α,β-unsaturated/α-hetero) is 1. The predicted octanol–water partition coefficient (Wildman–Crippen LogP) is 2.66. The number of rotatable bonds is 5. The SMILES string of the molecule is COc1ccc(OC)c(C=C2Oc3cc(OS(C)(=O)=O)ccc3C2=O)c1. The van der Waals surface area contributed by atoms with Crippen LogP contribution in [0.15, 0.2) is 42.2 Å². The van der Waals surface area contributed by atoms with E-state index < -0.39 is 10.1 Å². The summed E-state index contributed by atoms with van der Waals surface area (Å²) in [7, 11) is -0.617. The van der Waals surface area contributed by atoms with Crippen LogP contribution in [0.2, 0.25) is 0 Å². The number of methoxy groups -OCH3 is 2. The topological polar surface area (TPSA) is 88.1 Å². The average Bonchev–Trinajstić information content (AvgIpc) is 2.88. The van der Waals surface area contributed by atoms with Crippen LogP contribution in [0.3, 0.4) is 0 Å². The second kappa shape index (κ2) is 6.72. The fraction of sp³-hybridized carbons (Fsp3) is 0.167. The molecule has 0 atom stereocenters. The number of carbonyl (C=O) groups excluding carboxylic acids is 1. The van der Waals surface area contributed by atoms with Gasteiger partial charge in [0, 0.05) is 11.6 Å². The van der Waals surface area contributed by atoms with Gasteiger partial charge in [-0.2, -0.15) is 8.42 Å². The summed E-state index contributed by atoms with van der Waals surface area (Å²) >= 11 is 0. The number of fused-ring (bicyclic) bond motifs is 1. The molecule has 0 aliphatic carbocycles. The maximum Gasteiger partial charge on any atom is 0.306 e. The van der Waals surface area contributed by atoms with E-state index in [4.69, 9.17) is 18.4 Å². The normalized spacial score (nSPS) is 14.7. The Morgan fingerprint density at radius 1 is 1.00 bits per heavy atom. The molecule has 0 saturated heterocycles. The van der Waals surface area contributed by atoms with Crippen molar-refractivity contribution in [2.45, 2.75) is 0 Å². The predicted molar refractivity (Wildman–Crippen MR) is 94.4 cm³/mol. The summed E-state index contributed by atoms with van der Waals surface area (Å²) in [6.07, 6.45) is 2.48. The van der Waals surface area contributed by atoms with Crippen molar-refractivity contribution < 1.29 is 31.6 Å². The van der Waals surface area contributed by atoms with Crippen molar-refractivity contribution in [2.75, 3.05) is 20.5 Å². The van der Waals surface area contributed by atoms with Crippen LogP contribution < -0.4 is 18.4 Å². The molecular weight excluding hydrogens is 360 g/mol. The van der Waals surface area contributed by atoms with Gasteiger partial charge in [0.25, 0.3) is 0 Å². The van der Waals surface area contributed by atoms with E-state index in [1.807, 2.05) is 0 Å². The lowest BCUT2D eigenvalue weighted by molar-refractivity contribution is 0.101. The van der Waals surface area contributed by atoms with E-state index >= 15 is 0 Å². The molecule has 0 aromatic heterocycles. The standard InChI is InChI=1S/C18H16O7S/c1-22-12-5-7-15(23-2)11(8-12)9-17-18(19)14-6-4-13(10-16(14)24-17)25-26(3,20)21/h4-10H,1-3H3. The number of carbonyl (C=O) groups is 1. The first-order valence-corrected chi connectivity index (χ1v) is 9.32. The maximum atomic E-state index is 12.5. The number of allylic oxidation sites excluding steroid dienone is 1. The van der Waals surface area contributed by atoms with Gasteiger partial charge >= 0.3 is 10.1 Å². The van der Waals surface area contributed by atoms with Crippen LogP contribution in [0.25, 0.3) is 6.08 Å². The van der Waals surface area contributed by atoms with Gasteiger partial charge in [-0.1, -0.05) is 0 Å². The van der Waals surface area contributed by atoms with Gasteiger partial charge in [0.2, 0.25) is 5.78 Å². The molecule has 0 amide bonds. The van der Waals surface area contributed by atoms with E-state index in [1.54, 1.807) is 24.3 Å². The smallest absolute Gasteiger partial charge is 0.306 e. The quantitative estimate of drug-likeness (QED) is 0.585. The summed E-state index contributed by atoms with van der Waals surface area (Å²) in [5, 5.41) is 0. The zero-order valence-corrected chi connectivity index (χ0v) is 15.1. The van der Waals surface area contributed by atoms with Gasteiger partial charge in [0.05, 0.1) is 26.0 Å². The summed E-state index contributed by atoms with van der Waals surface area (Å²) in [4.78, 5) is 12.5. The zero-order valence-electron chi connectivity index (χ0n) is 14.3. The van der Waals surface area contributed by atoms with E-state index in [9.17, 15) is 13.2 Å². The van der Waals surface area contributed by atoms with Crippen molar-refractivity contribution in [3.8, 4) is 23.0 Å². The molecule has 0 fully saturated rings. The fourth-order valence-corrected chi connectivity index (χ4v) is 2.94. The highest BCUT2D eigenvalue weighted by atomic mass is 32.2. The minimum Gasteiger partial charge on any atom is -0.497 e. The molecule has 1 aliphatic heterocycles. The molecule has 0 bridgehead atoms. The molecule has 0 N–H and O–H groups in total. The lowest BCUT2D eigenvalue weighted by Gasteiger charge is -2.08. The summed E-state index contributed by atoms with van der Waals surface area (Å²) in [6.45, 7) is 0. The first-order chi connectivity index (χ1) is 12.3. The third-order valence-corrected chi connectivity index (χ3v) is 4.11. The van der Waals surface area contributed by atoms with E-state index in [0.29, 0.717) is 22.6 Å². The number of hydrogen-bond donors (Lipinski definition) is 0. The number of ether oxygens (including phenoxy) is 3. The van der Waals surface area contributed by atoms with Crippen LogP contribution in [0.1, 0.15) is 15.9 Å². The first-order valence-electron chi connectivity index (χ1n) is 7.50. The Labute approximate surface area is 150 Å². The largest absolute Gasteiger partial charge is 0.497 e. The molecule has 2 aromatic carbocycles. The third kappa shape index (κ3) is 3.65. The van der Waals surface area contributed by atoms with Gasteiger partial charge in [-0.05, 0) is 36.4 Å². The van der Waals surface area contributed by atoms with Crippen molar-refractivity contribution in [3.63, 3.8) is 0 Å². The van der Waals surface area contributed by atoms with Gasteiger partial charge < -0.3 is 18.4 Å². The van der Waals surface area contributed by atoms with Crippen molar-refractivity contribution in [1.29, 1.82) is 0 Å². The van der Waals surface area contributed by atoms with Gasteiger partial charge in [0.1, 0.15) is 23.0 Å². The van der Waals surface area contributed by atoms with E-state index in [0.717, 1.165) is 6.26 Å². The van der Waals surface area contributed by atoms with Gasteiger partial charge in [0.15, 0.2) is 5.76 Å². The first kappa shape index (κ1) is 17.8. The van der Waals surface area contributed by atoms with Crippen molar-refractivity contribution in [1.82, 2.24) is 0 Å². The molecule has 0 saturated carbocycles. The minimum absolute atomic E-state index is 0.0688. The van der Waals surface area contributed by atoms with Gasteiger partial charge in [-0.25, -0.2) is 0 Å². The van der Waals surface area contributed by atoms with Crippen molar-refractivity contribution in [3.05, 3.63) is 53.3 Å². The summed E-state index contributed by atoms with van der Waals surface area (Å²) in [6, 6.07) is 9.39. The van der Waals surface area contributed by atoms with Crippen LogP contribution in [-0.4, -0.2) is 34.7 Å². The zero-order chi connectivity index (χ0) is 18.9. The molecule has 0 radical (unpaired) electrons. The Morgan fingerprint density at radius 2 is 1.73 bits per heavy atom. The molecule has 136 valence electrons. The van der Waals surface area contributed by atoms with Crippen LogP contribution >= 0.6 is 0 Å². The monoisotopic (exact) mass is 376 g/mol. The molecule has 0 unspecified atom stereocenters. The number of ketones is 1. The molecule has 1 aliphatic rings. The lowest BCUT2D eigenvalue weighted by atomic mass is 10.1. The summed E-state index contributed by atoms with van der Waals surface area (Å²) in [5.41, 5.74) is 0.926. The molecule has 8 heteroatoms. The Bertz CT molecular complexity index is 1010. The third-order valence-electron chi connectivity index (χ3n) is 3.61. The Balaban J connectivity index is 1.96. The van der Waals surface area contributed by atoms with Gasteiger partial charge in [-0.15, -0.1) is 0 Å². The number of benzene rings is 2. The van der Waals surface area contributed by atoms with Gasteiger partial charge in [-0.3, -0.25) is 4.79 Å². The van der Waals surface area contributed by atoms with Crippen LogP contribution in [-0.2, 0) is 10.1 Å². The Kier molecular flexibility index (Phi) is 4.60. The molecule has 3 rings (SSSR count). The Hall–Kier alpha value is -3.00. The van der Waals surface area contributed by atoms with Crippen molar-refractivity contribution >= 4 is 22.0 Å². The molecular formula is C18H16O7S. The lowest BCUT2D eigenvalue weighted by Crippen LogP contribution is -2.05. The molecule has 1 heterocycles. The Morgan fingerprint density at radius 3 is 2.38 bits per heavy atom. The second-order valence-electron chi connectivity index (χ2n) is 5.49. The fourth-order valence-electron chi connectivity index (χ4n) is 2.49. The van der Waals surface area contributed by atoms with E-state index in [-0.39, 0.29) is 23.0 Å². The minimum atomic E-state index is -3.67. The van der Waals surface area contributed by atoms with Crippen LogP contribution in [0.5, 0.6) is 23.0 Å². The highest BCUT2D eigenvalue weighted by Crippen LogP contribution is 2.36. The average molecular weight is 376 g/mol. The van der Waals surface area contributed by atoms with Crippen LogP contribution in [0.4, 0.5) is 0 Å². The maximum absolute atomic E-state index is 12.5. The van der Waals surface area contributed by atoms with Crippen LogP contribution in [0, 0.1) is 0 Å². The molecule has 7 nitrogen and oxygen atoms in total. The molecule has 2 aromatic rings. The highest BCUT2D eigenvalue weighted by molar-refractivity contribution is 7.86. The summed E-state index contributed by atoms with van der Waals surface area (Å²) < 4.78 is 43.3. The number of hydrogen-bond acceptors (Lipinski definition) is 7. The molecule has 0 spiro atoms. The summed E-state index contributed by atoms with van der Waals surface area (Å²) in [5.74, 6) is 1.21. The highest BCUT2D eigenvalue weighted by Gasteiger charge is 2.28. The van der Waals surface area contributed by atoms with E-state index in [1.165, 1.54) is 32.4 Å².